The second-order valence-electron chi connectivity index (χ2n) is 10.5. The number of nitrogens with zero attached hydrogens (tertiary/aromatic N) is 7. The van der Waals surface area contributed by atoms with Crippen molar-refractivity contribution in [3.05, 3.63) is 60.9 Å². The zero-order valence-electron chi connectivity index (χ0n) is 22.6. The first-order valence-electron chi connectivity index (χ1n) is 13.7. The van der Waals surface area contributed by atoms with Gasteiger partial charge >= 0.3 is 0 Å². The molecule has 0 aliphatic carbocycles. The fourth-order valence-electron chi connectivity index (χ4n) is 5.24. The van der Waals surface area contributed by atoms with Crippen LogP contribution in [-0.2, 0) is 0 Å². The molecule has 0 saturated carbocycles. The second kappa shape index (κ2) is 11.4. The Kier molecular flexibility index (Phi) is 7.38. The van der Waals surface area contributed by atoms with Crippen LogP contribution in [0.2, 0.25) is 0 Å². The molecule has 4 aromatic rings. The Hall–Kier alpha value is -4.02. The number of fused-ring (bicyclic) bond motifs is 1. The number of hydrogen-bond donors (Lipinski definition) is 3. The SMILES string of the molecule is CN1CCN(c2ccc(Nc3cc4c(N[C@@H]5CCCN(C)C5)nc(Nc5ccccc5)nc4cn3)nc2)CC1. The Morgan fingerprint density at radius 2 is 1.62 bits per heavy atom. The van der Waals surface area contributed by atoms with E-state index in [1.165, 1.54) is 0 Å². The number of piperazine rings is 1. The van der Waals surface area contributed by atoms with Crippen LogP contribution >= 0.6 is 0 Å². The monoisotopic (exact) mass is 524 g/mol. The van der Waals surface area contributed by atoms with Gasteiger partial charge in [0, 0.05) is 49.8 Å². The van der Waals surface area contributed by atoms with Crippen LogP contribution in [0, 0.1) is 0 Å². The van der Waals surface area contributed by atoms with Gasteiger partial charge in [0.2, 0.25) is 5.95 Å². The average Bonchev–Trinajstić information content (AvgIpc) is 2.95. The van der Waals surface area contributed by atoms with Crippen molar-refractivity contribution in [1.82, 2.24) is 29.7 Å². The lowest BCUT2D eigenvalue weighted by atomic mass is 10.1. The third kappa shape index (κ3) is 6.18. The number of aromatic nitrogens is 4. The van der Waals surface area contributed by atoms with Crippen LogP contribution in [0.25, 0.3) is 10.9 Å². The lowest BCUT2D eigenvalue weighted by molar-refractivity contribution is 0.261. The van der Waals surface area contributed by atoms with E-state index in [2.05, 4.69) is 60.8 Å². The molecular formula is C29H36N10. The van der Waals surface area contributed by atoms with Crippen LogP contribution in [0.15, 0.2) is 60.9 Å². The molecule has 0 unspecified atom stereocenters. The summed E-state index contributed by atoms with van der Waals surface area (Å²) in [5.74, 6) is 2.82. The van der Waals surface area contributed by atoms with Gasteiger partial charge in [0.1, 0.15) is 17.5 Å². The second-order valence-corrected chi connectivity index (χ2v) is 10.5. The van der Waals surface area contributed by atoms with Crippen LogP contribution < -0.4 is 20.9 Å². The van der Waals surface area contributed by atoms with Crippen LogP contribution in [0.4, 0.5) is 34.8 Å². The molecule has 0 bridgehead atoms. The van der Waals surface area contributed by atoms with Gasteiger partial charge in [-0.1, -0.05) is 18.2 Å². The lowest BCUT2D eigenvalue weighted by Gasteiger charge is -2.33. The fourth-order valence-corrected chi connectivity index (χ4v) is 5.24. The minimum atomic E-state index is 0.319. The third-order valence-electron chi connectivity index (χ3n) is 7.45. The van der Waals surface area contributed by atoms with E-state index in [0.29, 0.717) is 17.8 Å². The summed E-state index contributed by atoms with van der Waals surface area (Å²) >= 11 is 0. The van der Waals surface area contributed by atoms with Crippen molar-refractivity contribution in [3.8, 4) is 0 Å². The standard InChI is InChI=1S/C29H36N10/c1-37-13-15-39(16-14-37)23-10-11-26(30-18-23)35-27-17-24-25(19-31-27)34-29(33-21-7-4-3-5-8-21)36-28(24)32-22-9-6-12-38(2)20-22/h3-5,7-8,10-11,17-19,22H,6,9,12-16,20H2,1-2H3,(H,30,31,35)(H2,32,33,34,36)/t22-/m1/s1. The zero-order valence-corrected chi connectivity index (χ0v) is 22.6. The maximum Gasteiger partial charge on any atom is 0.229 e. The normalized spacial score (nSPS) is 18.7. The molecule has 39 heavy (non-hydrogen) atoms. The number of para-hydroxylation sites is 1. The highest BCUT2D eigenvalue weighted by atomic mass is 15.3. The molecule has 0 amide bonds. The molecule has 202 valence electrons. The quantitative estimate of drug-likeness (QED) is 0.327. The van der Waals surface area contributed by atoms with E-state index in [1.54, 1.807) is 6.20 Å². The first-order chi connectivity index (χ1) is 19.1. The minimum Gasteiger partial charge on any atom is -0.368 e. The maximum atomic E-state index is 4.90. The molecule has 10 heteroatoms. The topological polar surface area (TPSA) is 97.4 Å². The van der Waals surface area contributed by atoms with Gasteiger partial charge in [-0.2, -0.15) is 4.98 Å². The third-order valence-corrected chi connectivity index (χ3v) is 7.45. The number of hydrogen-bond acceptors (Lipinski definition) is 10. The Bertz CT molecular complexity index is 1390. The summed E-state index contributed by atoms with van der Waals surface area (Å²) in [7, 11) is 4.33. The van der Waals surface area contributed by atoms with Gasteiger partial charge in [-0.25, -0.2) is 15.0 Å². The van der Waals surface area contributed by atoms with Crippen molar-refractivity contribution < 1.29 is 0 Å². The highest BCUT2D eigenvalue weighted by Crippen LogP contribution is 2.28. The summed E-state index contributed by atoms with van der Waals surface area (Å²) in [4.78, 5) is 26.1. The molecule has 3 N–H and O–H groups in total. The number of pyridine rings is 2. The number of piperidine rings is 1. The molecular weight excluding hydrogens is 488 g/mol. The van der Waals surface area contributed by atoms with Crippen molar-refractivity contribution in [2.24, 2.45) is 0 Å². The van der Waals surface area contributed by atoms with E-state index in [0.717, 1.165) is 86.0 Å². The smallest absolute Gasteiger partial charge is 0.229 e. The highest BCUT2D eigenvalue weighted by molar-refractivity contribution is 5.92. The van der Waals surface area contributed by atoms with Gasteiger partial charge in [0.05, 0.1) is 23.6 Å². The number of rotatable bonds is 7. The van der Waals surface area contributed by atoms with Crippen molar-refractivity contribution in [3.63, 3.8) is 0 Å². The van der Waals surface area contributed by atoms with E-state index in [-0.39, 0.29) is 0 Å². The summed E-state index contributed by atoms with van der Waals surface area (Å²) in [5.41, 5.74) is 2.87. The summed E-state index contributed by atoms with van der Waals surface area (Å²) < 4.78 is 0. The van der Waals surface area contributed by atoms with E-state index >= 15 is 0 Å². The molecule has 2 aliphatic rings. The molecule has 10 nitrogen and oxygen atoms in total. The molecule has 6 rings (SSSR count). The minimum absolute atomic E-state index is 0.319. The van der Waals surface area contributed by atoms with E-state index in [9.17, 15) is 0 Å². The predicted molar refractivity (Wildman–Crippen MR) is 158 cm³/mol. The van der Waals surface area contributed by atoms with Gasteiger partial charge in [0.15, 0.2) is 0 Å². The summed E-state index contributed by atoms with van der Waals surface area (Å²) in [6.07, 6.45) is 6.01. The summed E-state index contributed by atoms with van der Waals surface area (Å²) in [5, 5.41) is 11.3. The first-order valence-corrected chi connectivity index (χ1v) is 13.7. The van der Waals surface area contributed by atoms with Crippen molar-refractivity contribution >= 4 is 45.7 Å². The van der Waals surface area contributed by atoms with Crippen LogP contribution in [0.3, 0.4) is 0 Å². The average molecular weight is 525 g/mol. The maximum absolute atomic E-state index is 4.90. The van der Waals surface area contributed by atoms with Crippen LogP contribution in [-0.4, -0.2) is 89.1 Å². The molecule has 0 spiro atoms. The van der Waals surface area contributed by atoms with E-state index in [4.69, 9.17) is 9.97 Å². The molecule has 3 aromatic heterocycles. The molecule has 2 saturated heterocycles. The lowest BCUT2D eigenvalue weighted by Crippen LogP contribution is -2.44. The highest BCUT2D eigenvalue weighted by Gasteiger charge is 2.20. The number of likely N-dealkylation sites (tertiary alicyclic amines) is 1. The number of nitrogens with one attached hydrogen (secondary N) is 3. The first kappa shape index (κ1) is 25.3. The van der Waals surface area contributed by atoms with Gasteiger partial charge in [0.25, 0.3) is 0 Å². The molecule has 5 heterocycles. The van der Waals surface area contributed by atoms with E-state index in [1.807, 2.05) is 48.7 Å². The van der Waals surface area contributed by atoms with Crippen molar-refractivity contribution in [1.29, 1.82) is 0 Å². The van der Waals surface area contributed by atoms with Gasteiger partial charge in [-0.3, -0.25) is 0 Å². The molecule has 2 fully saturated rings. The molecule has 1 aromatic carbocycles. The van der Waals surface area contributed by atoms with E-state index < -0.39 is 0 Å². The molecule has 2 aliphatic heterocycles. The van der Waals surface area contributed by atoms with Crippen LogP contribution in [0.1, 0.15) is 12.8 Å². The van der Waals surface area contributed by atoms with Crippen molar-refractivity contribution in [2.45, 2.75) is 18.9 Å². The number of benzene rings is 1. The summed E-state index contributed by atoms with van der Waals surface area (Å²) in [6.45, 7) is 6.28. The summed E-state index contributed by atoms with van der Waals surface area (Å²) in [6, 6.07) is 16.4. The Morgan fingerprint density at radius 3 is 2.38 bits per heavy atom. The Balaban J connectivity index is 1.25. The Morgan fingerprint density at radius 1 is 0.795 bits per heavy atom. The number of likely N-dealkylation sites (N-methyl/N-ethyl adjacent to an activating group) is 2. The number of anilines is 6. The molecule has 0 radical (unpaired) electrons. The van der Waals surface area contributed by atoms with Gasteiger partial charge in [-0.05, 0) is 63.8 Å². The molecule has 1 atom stereocenters. The van der Waals surface area contributed by atoms with Crippen LogP contribution in [0.5, 0.6) is 0 Å². The predicted octanol–water partition coefficient (Wildman–Crippen LogP) is 4.16. The van der Waals surface area contributed by atoms with Gasteiger partial charge in [-0.15, -0.1) is 0 Å². The largest absolute Gasteiger partial charge is 0.368 e. The van der Waals surface area contributed by atoms with Crippen molar-refractivity contribution in [2.75, 3.05) is 74.2 Å². The fraction of sp³-hybridized carbons (Fsp3) is 0.379. The zero-order chi connectivity index (χ0) is 26.6. The Labute approximate surface area is 229 Å². The van der Waals surface area contributed by atoms with Gasteiger partial charge < -0.3 is 30.7 Å².